The Labute approximate surface area is 236 Å². The van der Waals surface area contributed by atoms with Crippen molar-refractivity contribution in [1.29, 1.82) is 0 Å². The van der Waals surface area contributed by atoms with Crippen LogP contribution in [0.5, 0.6) is 0 Å². The number of nitrogens with zero attached hydrogens (tertiary/aromatic N) is 2. The third-order valence-corrected chi connectivity index (χ3v) is 8.37. The summed E-state index contributed by atoms with van der Waals surface area (Å²) < 4.78 is 6.54. The molecule has 1 aliphatic rings. The van der Waals surface area contributed by atoms with Crippen molar-refractivity contribution in [3.8, 4) is 55.6 Å². The highest BCUT2D eigenvalue weighted by Crippen LogP contribution is 2.52. The largest absolute Gasteiger partial charge is 0.455 e. The van der Waals surface area contributed by atoms with E-state index in [0.29, 0.717) is 0 Å². The monoisotopic (exact) mass is 522 g/mol. The van der Waals surface area contributed by atoms with Gasteiger partial charge in [0.1, 0.15) is 11.2 Å². The first-order valence-corrected chi connectivity index (χ1v) is 13.8. The molecule has 0 spiro atoms. The van der Waals surface area contributed by atoms with E-state index in [1.165, 1.54) is 27.8 Å². The van der Waals surface area contributed by atoms with Crippen molar-refractivity contribution in [2.45, 2.75) is 0 Å². The summed E-state index contributed by atoms with van der Waals surface area (Å²) in [5.74, 6) is 0. The highest BCUT2D eigenvalue weighted by molar-refractivity contribution is 6.15. The maximum Gasteiger partial charge on any atom is 0.159 e. The van der Waals surface area contributed by atoms with Gasteiger partial charge in [0.25, 0.3) is 0 Å². The molecule has 0 radical (unpaired) electrons. The first kappa shape index (κ1) is 22.3. The van der Waals surface area contributed by atoms with Gasteiger partial charge in [0.05, 0.1) is 0 Å². The van der Waals surface area contributed by atoms with Crippen molar-refractivity contribution in [3.05, 3.63) is 134 Å². The highest BCUT2D eigenvalue weighted by atomic mass is 16.3. The molecule has 3 aromatic heterocycles. The second-order valence-electron chi connectivity index (χ2n) is 10.5. The molecular weight excluding hydrogens is 500 g/mol. The maximum atomic E-state index is 6.54. The fourth-order valence-corrected chi connectivity index (χ4v) is 6.65. The molecule has 1 aliphatic carbocycles. The van der Waals surface area contributed by atoms with Gasteiger partial charge < -0.3 is 4.42 Å². The second kappa shape index (κ2) is 8.48. The van der Waals surface area contributed by atoms with Gasteiger partial charge in [-0.2, -0.15) is 0 Å². The molecule has 190 valence electrons. The van der Waals surface area contributed by atoms with Crippen LogP contribution in [-0.2, 0) is 0 Å². The third kappa shape index (κ3) is 3.14. The van der Waals surface area contributed by atoms with Crippen molar-refractivity contribution in [2.75, 3.05) is 0 Å². The van der Waals surface area contributed by atoms with E-state index >= 15 is 0 Å². The SMILES string of the molecule is c1ccc2c(c1)-c1ccccc1-c1c(cnc3ncccc13)-c1c-2cccc1-c1cccc2c1oc1ccccc12. The minimum atomic E-state index is 0.744. The number of para-hydroxylation sites is 2. The van der Waals surface area contributed by atoms with Crippen molar-refractivity contribution in [1.82, 2.24) is 9.97 Å². The van der Waals surface area contributed by atoms with Gasteiger partial charge in [-0.3, -0.25) is 0 Å². The molecule has 0 N–H and O–H groups in total. The normalized spacial score (nSPS) is 11.9. The minimum absolute atomic E-state index is 0.744. The zero-order chi connectivity index (χ0) is 26.9. The zero-order valence-electron chi connectivity index (χ0n) is 22.0. The molecule has 3 heterocycles. The fraction of sp³-hybridized carbons (Fsp3) is 0. The molecule has 0 saturated heterocycles. The van der Waals surface area contributed by atoms with Gasteiger partial charge in [-0.15, -0.1) is 0 Å². The van der Waals surface area contributed by atoms with Crippen LogP contribution in [-0.4, -0.2) is 9.97 Å². The molecule has 41 heavy (non-hydrogen) atoms. The summed E-state index contributed by atoms with van der Waals surface area (Å²) in [5, 5.41) is 3.29. The Bertz CT molecular complexity index is 2330. The molecule has 0 atom stereocenters. The van der Waals surface area contributed by atoms with Crippen LogP contribution in [0.15, 0.2) is 138 Å². The molecular formula is C38H22N2O. The molecule has 0 unspecified atom stereocenters. The van der Waals surface area contributed by atoms with Gasteiger partial charge in [0, 0.05) is 45.2 Å². The lowest BCUT2D eigenvalue weighted by molar-refractivity contribution is 0.670. The topological polar surface area (TPSA) is 38.9 Å². The Kier molecular flexibility index (Phi) is 4.61. The number of pyridine rings is 2. The van der Waals surface area contributed by atoms with Crippen molar-refractivity contribution in [2.24, 2.45) is 0 Å². The molecule has 0 saturated carbocycles. The Morgan fingerprint density at radius 2 is 0.976 bits per heavy atom. The molecule has 0 bridgehead atoms. The van der Waals surface area contributed by atoms with E-state index in [1.54, 1.807) is 0 Å². The van der Waals surface area contributed by atoms with Crippen LogP contribution in [0.25, 0.3) is 88.6 Å². The summed E-state index contributed by atoms with van der Waals surface area (Å²) in [6.45, 7) is 0. The standard InChI is InChI=1S/C38H22N2O/c1-2-11-25-23(10-1)24-12-3-4-14-27(24)36-32-19-9-21-39-38(32)40-22-33(36)35-28(25)15-7-16-29(35)31-18-8-17-30-26-13-5-6-20-34(26)41-37(30)31/h1-22H. The van der Waals surface area contributed by atoms with Crippen LogP contribution >= 0.6 is 0 Å². The molecule has 9 rings (SSSR count). The molecule has 5 aromatic carbocycles. The maximum absolute atomic E-state index is 6.54. The van der Waals surface area contributed by atoms with E-state index in [9.17, 15) is 0 Å². The summed E-state index contributed by atoms with van der Waals surface area (Å²) >= 11 is 0. The van der Waals surface area contributed by atoms with E-state index in [2.05, 4.69) is 108 Å². The Hall–Kier alpha value is -5.54. The molecule has 8 aromatic rings. The summed E-state index contributed by atoms with van der Waals surface area (Å²) in [6.07, 6.45) is 3.82. The molecule has 0 aliphatic heterocycles. The van der Waals surface area contributed by atoms with Crippen LogP contribution in [0, 0.1) is 0 Å². The summed E-state index contributed by atoms with van der Waals surface area (Å²) in [5.41, 5.74) is 14.1. The molecule has 0 fully saturated rings. The Morgan fingerprint density at radius 3 is 1.83 bits per heavy atom. The smallest absolute Gasteiger partial charge is 0.159 e. The summed E-state index contributed by atoms with van der Waals surface area (Å²) in [4.78, 5) is 9.53. The van der Waals surface area contributed by atoms with Crippen molar-refractivity contribution in [3.63, 3.8) is 0 Å². The fourth-order valence-electron chi connectivity index (χ4n) is 6.65. The second-order valence-corrected chi connectivity index (χ2v) is 10.5. The van der Waals surface area contributed by atoms with Crippen LogP contribution < -0.4 is 0 Å². The minimum Gasteiger partial charge on any atom is -0.455 e. The number of furan rings is 1. The van der Waals surface area contributed by atoms with Crippen LogP contribution in [0.1, 0.15) is 0 Å². The van der Waals surface area contributed by atoms with Gasteiger partial charge in [-0.1, -0.05) is 103 Å². The average molecular weight is 523 g/mol. The van der Waals surface area contributed by atoms with Gasteiger partial charge in [0.2, 0.25) is 0 Å². The van der Waals surface area contributed by atoms with E-state index in [1.807, 2.05) is 30.6 Å². The van der Waals surface area contributed by atoms with Gasteiger partial charge >= 0.3 is 0 Å². The van der Waals surface area contributed by atoms with Crippen molar-refractivity contribution >= 4 is 33.0 Å². The predicted molar refractivity (Wildman–Crippen MR) is 168 cm³/mol. The summed E-state index contributed by atoms with van der Waals surface area (Å²) in [6, 6.07) is 42.9. The van der Waals surface area contributed by atoms with Gasteiger partial charge in [0.15, 0.2) is 5.65 Å². The van der Waals surface area contributed by atoms with Gasteiger partial charge in [-0.05, 0) is 57.1 Å². The number of benzene rings is 5. The number of hydrogen-bond acceptors (Lipinski definition) is 3. The Balaban J connectivity index is 1.49. The average Bonchev–Trinajstić information content (AvgIpc) is 3.42. The lowest BCUT2D eigenvalue weighted by Crippen LogP contribution is -2.01. The molecule has 3 nitrogen and oxygen atoms in total. The lowest BCUT2D eigenvalue weighted by Gasteiger charge is -2.25. The molecule has 0 amide bonds. The first-order valence-electron chi connectivity index (χ1n) is 13.8. The highest BCUT2D eigenvalue weighted by Gasteiger charge is 2.27. The van der Waals surface area contributed by atoms with E-state index in [-0.39, 0.29) is 0 Å². The Morgan fingerprint density at radius 1 is 0.390 bits per heavy atom. The predicted octanol–water partition coefficient (Wildman–Crippen LogP) is 10.2. The number of hydrogen-bond donors (Lipinski definition) is 0. The van der Waals surface area contributed by atoms with E-state index in [0.717, 1.165) is 60.8 Å². The zero-order valence-corrected chi connectivity index (χ0v) is 22.0. The van der Waals surface area contributed by atoms with E-state index in [4.69, 9.17) is 9.40 Å². The lowest BCUT2D eigenvalue weighted by atomic mass is 9.78. The summed E-state index contributed by atoms with van der Waals surface area (Å²) in [7, 11) is 0. The number of rotatable bonds is 1. The van der Waals surface area contributed by atoms with Crippen LogP contribution in [0.2, 0.25) is 0 Å². The quantitative estimate of drug-likeness (QED) is 0.215. The van der Waals surface area contributed by atoms with Crippen LogP contribution in [0.3, 0.4) is 0 Å². The van der Waals surface area contributed by atoms with Crippen LogP contribution in [0.4, 0.5) is 0 Å². The third-order valence-electron chi connectivity index (χ3n) is 8.37. The number of fused-ring (bicyclic) bond motifs is 13. The molecule has 3 heteroatoms. The van der Waals surface area contributed by atoms with Gasteiger partial charge in [-0.25, -0.2) is 9.97 Å². The number of aromatic nitrogens is 2. The van der Waals surface area contributed by atoms with E-state index < -0.39 is 0 Å². The first-order chi connectivity index (χ1) is 20.4. The van der Waals surface area contributed by atoms with Crippen molar-refractivity contribution < 1.29 is 4.42 Å².